The van der Waals surface area contributed by atoms with E-state index in [-0.39, 0.29) is 53.8 Å². The van der Waals surface area contributed by atoms with Gasteiger partial charge in [0.1, 0.15) is 27.7 Å². The lowest BCUT2D eigenvalue weighted by Crippen LogP contribution is -2.47. The number of likely N-dealkylation sites (tertiary alicyclic amines) is 1. The van der Waals surface area contributed by atoms with Gasteiger partial charge in [0.2, 0.25) is 15.9 Å². The minimum absolute atomic E-state index is 0.0420. The van der Waals surface area contributed by atoms with Crippen LogP contribution in [0.2, 0.25) is 0 Å². The van der Waals surface area contributed by atoms with Gasteiger partial charge in [-0.05, 0) is 72.1 Å². The van der Waals surface area contributed by atoms with Crippen molar-refractivity contribution in [3.63, 3.8) is 0 Å². The van der Waals surface area contributed by atoms with Gasteiger partial charge in [-0.3, -0.25) is 9.10 Å². The summed E-state index contributed by atoms with van der Waals surface area (Å²) >= 11 is 1.51. The van der Waals surface area contributed by atoms with Gasteiger partial charge in [0.25, 0.3) is 11.8 Å². The van der Waals surface area contributed by atoms with Crippen LogP contribution < -0.4 is 9.62 Å². The Morgan fingerprint density at radius 2 is 1.85 bits per heavy atom. The van der Waals surface area contributed by atoms with Crippen molar-refractivity contribution in [1.82, 2.24) is 30.4 Å². The molecule has 0 bridgehead atoms. The van der Waals surface area contributed by atoms with Crippen molar-refractivity contribution in [2.45, 2.75) is 78.0 Å². The van der Waals surface area contributed by atoms with E-state index in [0.717, 1.165) is 39.7 Å². The Hall–Kier alpha value is -4.37. The predicted molar refractivity (Wildman–Crippen MR) is 182 cm³/mol. The maximum atomic E-state index is 14.1. The Morgan fingerprint density at radius 3 is 2.48 bits per heavy atom. The average Bonchev–Trinajstić information content (AvgIpc) is 3.77. The van der Waals surface area contributed by atoms with E-state index in [9.17, 15) is 18.0 Å². The van der Waals surface area contributed by atoms with Crippen LogP contribution in [-0.4, -0.2) is 70.4 Å². The lowest BCUT2D eigenvalue weighted by atomic mass is 9.92. The molecule has 1 N–H and O–H groups in total. The normalized spacial score (nSPS) is 16.4. The predicted octanol–water partition coefficient (Wildman–Crippen LogP) is 5.64. The Morgan fingerprint density at radius 1 is 1.12 bits per heavy atom. The molecule has 256 valence electrons. The summed E-state index contributed by atoms with van der Waals surface area (Å²) < 4.78 is 38.4. The Bertz CT molecular complexity index is 1890. The molecule has 2 amide bonds. The number of nitrogens with one attached hydrogen (secondary N) is 1. The monoisotopic (exact) mass is 695 g/mol. The number of hydrogen-bond acceptors (Lipinski definition) is 11. The Labute approximate surface area is 284 Å². The summed E-state index contributed by atoms with van der Waals surface area (Å²) in [4.78, 5) is 38.1. The van der Waals surface area contributed by atoms with Gasteiger partial charge in [-0.15, -0.1) is 21.5 Å². The molecule has 4 heterocycles. The van der Waals surface area contributed by atoms with Crippen molar-refractivity contribution < 1.29 is 27.2 Å². The molecule has 4 aromatic rings. The Kier molecular flexibility index (Phi) is 9.92. The smallest absolute Gasteiger partial charge is 0.408 e. The molecule has 15 heteroatoms. The second-order valence-electron chi connectivity index (χ2n) is 13.0. The van der Waals surface area contributed by atoms with E-state index in [1.807, 2.05) is 42.6 Å². The number of hydrogen-bond donors (Lipinski definition) is 1. The van der Waals surface area contributed by atoms with Crippen LogP contribution in [0.25, 0.3) is 11.6 Å². The minimum atomic E-state index is -3.75. The molecule has 5 rings (SSSR count). The fraction of sp³-hybridized carbons (Fsp3) is 0.455. The number of alkyl carbamates (subject to hydrolysis) is 1. The van der Waals surface area contributed by atoms with Crippen molar-refractivity contribution in [3.05, 3.63) is 75.6 Å². The first-order valence-electron chi connectivity index (χ1n) is 15.7. The summed E-state index contributed by atoms with van der Waals surface area (Å²) in [5.41, 5.74) is 0.158. The number of thiazole rings is 1. The summed E-state index contributed by atoms with van der Waals surface area (Å²) in [6.07, 6.45) is 2.27. The van der Waals surface area contributed by atoms with Crippen molar-refractivity contribution in [2.75, 3.05) is 23.7 Å². The third-order valence-corrected chi connectivity index (χ3v) is 10.0. The summed E-state index contributed by atoms with van der Waals surface area (Å²) in [7, 11) is -3.75. The highest BCUT2D eigenvalue weighted by atomic mass is 32.2. The highest BCUT2D eigenvalue weighted by molar-refractivity contribution is 7.92. The number of carbonyl (C=O) groups excluding carboxylic acids is 2. The topological polar surface area (TPSA) is 161 Å². The van der Waals surface area contributed by atoms with Gasteiger partial charge in [0, 0.05) is 36.1 Å². The number of anilines is 1. The first-order chi connectivity index (χ1) is 22.6. The van der Waals surface area contributed by atoms with Crippen LogP contribution in [0.4, 0.5) is 10.6 Å². The standard InChI is InChI=1S/C33H41N7O6S2/c1-8-40(48(7,43)44)26-18-23(29(41)39-16-12-15-25(39)28-34-21(2)20-47-28)17-24(35-26)27-37-38-30(45-27)33(6,19-22-13-10-9-11-14-22)36-31(42)46-32(3,4)5/h9-11,13-14,17-18,20,25H,8,12,15-16,19H2,1-7H3,(H,36,42). The van der Waals surface area contributed by atoms with Gasteiger partial charge in [-0.1, -0.05) is 30.3 Å². The SMILES string of the molecule is CCN(c1cc(C(=O)N2CCCC2c2nc(C)cs2)cc(-c2nnc(C(C)(Cc3ccccc3)NC(=O)OC(C)(C)C)o2)n1)S(C)(=O)=O. The van der Waals surface area contributed by atoms with Gasteiger partial charge in [-0.2, -0.15) is 0 Å². The molecular weight excluding hydrogens is 655 g/mol. The van der Waals surface area contributed by atoms with Crippen LogP contribution in [0.5, 0.6) is 0 Å². The third-order valence-electron chi connectivity index (χ3n) is 7.73. The van der Waals surface area contributed by atoms with Gasteiger partial charge in [0.15, 0.2) is 0 Å². The molecule has 0 saturated carbocycles. The van der Waals surface area contributed by atoms with Crippen molar-refractivity contribution in [2.24, 2.45) is 0 Å². The summed E-state index contributed by atoms with van der Waals surface area (Å²) in [6, 6.07) is 12.3. The number of rotatable bonds is 10. The second-order valence-corrected chi connectivity index (χ2v) is 15.8. The molecule has 1 aliphatic rings. The molecule has 1 aromatic carbocycles. The highest BCUT2D eigenvalue weighted by Gasteiger charge is 2.38. The lowest BCUT2D eigenvalue weighted by molar-refractivity contribution is 0.0443. The molecule has 1 aliphatic heterocycles. The zero-order valence-electron chi connectivity index (χ0n) is 28.2. The maximum absolute atomic E-state index is 14.1. The van der Waals surface area contributed by atoms with Crippen LogP contribution in [0.1, 0.15) is 86.0 Å². The Balaban J connectivity index is 1.56. The minimum Gasteiger partial charge on any atom is -0.444 e. The maximum Gasteiger partial charge on any atom is 0.408 e. The second kappa shape index (κ2) is 13.6. The van der Waals surface area contributed by atoms with Gasteiger partial charge < -0.3 is 19.4 Å². The number of pyridine rings is 1. The van der Waals surface area contributed by atoms with Crippen molar-refractivity contribution in [1.29, 1.82) is 0 Å². The largest absolute Gasteiger partial charge is 0.444 e. The number of aryl methyl sites for hydroxylation is 1. The molecule has 2 unspecified atom stereocenters. The van der Waals surface area contributed by atoms with E-state index in [4.69, 9.17) is 9.15 Å². The number of carbonyl (C=O) groups is 2. The zero-order chi connectivity index (χ0) is 34.9. The van der Waals surface area contributed by atoms with E-state index in [1.165, 1.54) is 23.5 Å². The van der Waals surface area contributed by atoms with Crippen LogP contribution in [0.3, 0.4) is 0 Å². The van der Waals surface area contributed by atoms with E-state index >= 15 is 0 Å². The van der Waals surface area contributed by atoms with E-state index in [0.29, 0.717) is 6.54 Å². The van der Waals surface area contributed by atoms with E-state index in [1.54, 1.807) is 39.5 Å². The average molecular weight is 696 g/mol. The molecule has 3 aromatic heterocycles. The van der Waals surface area contributed by atoms with Crippen molar-refractivity contribution in [3.8, 4) is 11.6 Å². The summed E-state index contributed by atoms with van der Waals surface area (Å²) in [5.74, 6) is -0.230. The van der Waals surface area contributed by atoms with Gasteiger partial charge in [0.05, 0.1) is 12.3 Å². The highest BCUT2D eigenvalue weighted by Crippen LogP contribution is 2.36. The molecule has 2 atom stereocenters. The van der Waals surface area contributed by atoms with Gasteiger partial charge in [-0.25, -0.2) is 23.2 Å². The fourth-order valence-electron chi connectivity index (χ4n) is 5.66. The quantitative estimate of drug-likeness (QED) is 0.220. The number of benzene rings is 1. The van der Waals surface area contributed by atoms with Crippen molar-refractivity contribution >= 4 is 39.2 Å². The fourth-order valence-corrected chi connectivity index (χ4v) is 7.50. The first kappa shape index (κ1) is 35.0. The van der Waals surface area contributed by atoms with E-state index in [2.05, 4.69) is 25.5 Å². The number of amides is 2. The van der Waals surface area contributed by atoms with Crippen LogP contribution in [0.15, 0.2) is 52.3 Å². The summed E-state index contributed by atoms with van der Waals surface area (Å²) in [5, 5.41) is 14.3. The molecule has 0 spiro atoms. The molecule has 1 fully saturated rings. The molecule has 13 nitrogen and oxygen atoms in total. The zero-order valence-corrected chi connectivity index (χ0v) is 29.8. The molecule has 0 radical (unpaired) electrons. The number of nitrogens with zero attached hydrogens (tertiary/aromatic N) is 6. The first-order valence-corrected chi connectivity index (χ1v) is 18.4. The number of sulfonamides is 1. The van der Waals surface area contributed by atoms with Gasteiger partial charge >= 0.3 is 6.09 Å². The lowest BCUT2D eigenvalue weighted by Gasteiger charge is -2.29. The van der Waals surface area contributed by atoms with Crippen LogP contribution >= 0.6 is 11.3 Å². The van der Waals surface area contributed by atoms with Crippen LogP contribution in [0, 0.1) is 6.92 Å². The number of ether oxygens (including phenoxy) is 1. The third kappa shape index (κ3) is 8.01. The molecule has 0 aliphatic carbocycles. The molecular formula is C33H41N7O6S2. The number of aromatic nitrogens is 4. The molecule has 1 saturated heterocycles. The van der Waals surface area contributed by atoms with Crippen LogP contribution in [-0.2, 0) is 26.7 Å². The summed E-state index contributed by atoms with van der Waals surface area (Å²) in [6.45, 7) is 11.2. The van der Waals surface area contributed by atoms with E-state index < -0.39 is 27.3 Å². The molecule has 48 heavy (non-hydrogen) atoms.